The third-order valence-electron chi connectivity index (χ3n) is 3.60. The summed E-state index contributed by atoms with van der Waals surface area (Å²) in [5.41, 5.74) is 0. The van der Waals surface area contributed by atoms with Crippen molar-refractivity contribution < 1.29 is 9.59 Å². The fourth-order valence-corrected chi connectivity index (χ4v) is 2.31. The molecule has 0 fully saturated rings. The summed E-state index contributed by atoms with van der Waals surface area (Å²) in [5, 5.41) is 0. The fourth-order valence-electron chi connectivity index (χ4n) is 2.31. The van der Waals surface area contributed by atoms with Crippen LogP contribution in [-0.4, -0.2) is 11.6 Å². The quantitative estimate of drug-likeness (QED) is 0.507. The average Bonchev–Trinajstić information content (AvgIpc) is 2.33. The summed E-state index contributed by atoms with van der Waals surface area (Å²) in [5.74, 6) is 0.819. The number of Topliss-reactive ketones (excluding diaryl/α,β-unsaturated/α-hetero) is 2. The number of carbonyl (C=O) groups is 2. The molecule has 0 aromatic rings. The van der Waals surface area contributed by atoms with E-state index in [1.165, 1.54) is 0 Å². The minimum absolute atomic E-state index is 0.151. The lowest BCUT2D eigenvalue weighted by molar-refractivity contribution is -0.136. The van der Waals surface area contributed by atoms with Crippen molar-refractivity contribution in [2.24, 2.45) is 11.8 Å². The third kappa shape index (κ3) is 8.43. The standard InChI is InChI=1S/C16H30O2/c1-5-7-13(3)9-11-15(17)16(18)12-10-14(4)8-6-2/h13-14H,5-12H2,1-4H3. The van der Waals surface area contributed by atoms with Crippen LogP contribution in [-0.2, 0) is 9.59 Å². The SMILES string of the molecule is CCCC(C)CCC(=O)C(=O)CCC(C)CCC. The molecule has 0 saturated carbocycles. The summed E-state index contributed by atoms with van der Waals surface area (Å²) in [6.07, 6.45) is 7.22. The van der Waals surface area contributed by atoms with Crippen molar-refractivity contribution in [2.45, 2.75) is 79.1 Å². The highest BCUT2D eigenvalue weighted by molar-refractivity contribution is 6.37. The highest BCUT2D eigenvalue weighted by atomic mass is 16.2. The highest BCUT2D eigenvalue weighted by Gasteiger charge is 2.15. The van der Waals surface area contributed by atoms with Gasteiger partial charge in [0.1, 0.15) is 0 Å². The van der Waals surface area contributed by atoms with E-state index in [4.69, 9.17) is 0 Å². The van der Waals surface area contributed by atoms with E-state index in [9.17, 15) is 9.59 Å². The lowest BCUT2D eigenvalue weighted by Crippen LogP contribution is -2.15. The molecule has 0 N–H and O–H groups in total. The first-order chi connectivity index (χ1) is 8.51. The van der Waals surface area contributed by atoms with E-state index in [1.807, 2.05) is 0 Å². The smallest absolute Gasteiger partial charge is 0.198 e. The van der Waals surface area contributed by atoms with Crippen molar-refractivity contribution in [2.75, 3.05) is 0 Å². The van der Waals surface area contributed by atoms with Gasteiger partial charge in [0.15, 0.2) is 11.6 Å². The molecule has 0 aliphatic heterocycles. The molecule has 18 heavy (non-hydrogen) atoms. The second-order valence-electron chi connectivity index (χ2n) is 5.71. The monoisotopic (exact) mass is 254 g/mol. The Morgan fingerprint density at radius 1 is 0.722 bits per heavy atom. The normalized spacial score (nSPS) is 14.2. The number of ketones is 2. The first-order valence-corrected chi connectivity index (χ1v) is 7.57. The minimum Gasteiger partial charge on any atom is -0.291 e. The van der Waals surface area contributed by atoms with Gasteiger partial charge in [-0.15, -0.1) is 0 Å². The van der Waals surface area contributed by atoms with Gasteiger partial charge in [0, 0.05) is 12.8 Å². The predicted molar refractivity (Wildman–Crippen MR) is 76.6 cm³/mol. The van der Waals surface area contributed by atoms with Crippen LogP contribution in [0.5, 0.6) is 0 Å². The van der Waals surface area contributed by atoms with Gasteiger partial charge in [0.25, 0.3) is 0 Å². The Morgan fingerprint density at radius 2 is 1.06 bits per heavy atom. The molecular weight excluding hydrogens is 224 g/mol. The summed E-state index contributed by atoms with van der Waals surface area (Å²) in [6, 6.07) is 0. The first kappa shape index (κ1) is 17.3. The molecule has 2 atom stereocenters. The molecule has 0 radical (unpaired) electrons. The van der Waals surface area contributed by atoms with Gasteiger partial charge in [-0.25, -0.2) is 0 Å². The average molecular weight is 254 g/mol. The highest BCUT2D eigenvalue weighted by Crippen LogP contribution is 2.15. The van der Waals surface area contributed by atoms with Gasteiger partial charge in [0.05, 0.1) is 0 Å². The van der Waals surface area contributed by atoms with E-state index in [0.29, 0.717) is 24.7 Å². The van der Waals surface area contributed by atoms with Gasteiger partial charge in [0.2, 0.25) is 0 Å². The molecule has 2 nitrogen and oxygen atoms in total. The van der Waals surface area contributed by atoms with Crippen LogP contribution in [0.1, 0.15) is 79.1 Å². The van der Waals surface area contributed by atoms with Crippen molar-refractivity contribution in [3.63, 3.8) is 0 Å². The van der Waals surface area contributed by atoms with Crippen LogP contribution >= 0.6 is 0 Å². The summed E-state index contributed by atoms with van der Waals surface area (Å²) in [7, 11) is 0. The van der Waals surface area contributed by atoms with Crippen molar-refractivity contribution in [3.8, 4) is 0 Å². The lowest BCUT2D eigenvalue weighted by atomic mass is 9.94. The van der Waals surface area contributed by atoms with E-state index in [-0.39, 0.29) is 11.6 Å². The zero-order valence-electron chi connectivity index (χ0n) is 12.6. The van der Waals surface area contributed by atoms with Crippen LogP contribution in [0, 0.1) is 11.8 Å². The van der Waals surface area contributed by atoms with Crippen LogP contribution in [0.4, 0.5) is 0 Å². The molecule has 2 unspecified atom stereocenters. The Morgan fingerprint density at radius 3 is 1.33 bits per heavy atom. The second kappa shape index (κ2) is 10.3. The molecule has 0 bridgehead atoms. The maximum Gasteiger partial charge on any atom is 0.198 e. The summed E-state index contributed by atoms with van der Waals surface area (Å²) >= 11 is 0. The van der Waals surface area contributed by atoms with Gasteiger partial charge >= 0.3 is 0 Å². The maximum absolute atomic E-state index is 11.7. The Bertz CT molecular complexity index is 219. The molecule has 0 saturated heterocycles. The number of carbonyl (C=O) groups excluding carboxylic acids is 2. The lowest BCUT2D eigenvalue weighted by Gasteiger charge is -2.10. The molecule has 0 aromatic carbocycles. The topological polar surface area (TPSA) is 34.1 Å². The number of hydrogen-bond acceptors (Lipinski definition) is 2. The molecule has 2 heteroatoms. The molecule has 0 aromatic heterocycles. The summed E-state index contributed by atoms with van der Waals surface area (Å²) in [4.78, 5) is 23.3. The zero-order valence-corrected chi connectivity index (χ0v) is 12.6. The molecule has 0 heterocycles. The van der Waals surface area contributed by atoms with Gasteiger partial charge in [-0.05, 0) is 24.7 Å². The zero-order chi connectivity index (χ0) is 14.0. The van der Waals surface area contributed by atoms with Crippen molar-refractivity contribution in [1.29, 1.82) is 0 Å². The van der Waals surface area contributed by atoms with Crippen molar-refractivity contribution >= 4 is 11.6 Å². The van der Waals surface area contributed by atoms with Gasteiger partial charge in [-0.3, -0.25) is 9.59 Å². The molecule has 106 valence electrons. The molecule has 0 rings (SSSR count). The van der Waals surface area contributed by atoms with Crippen molar-refractivity contribution in [3.05, 3.63) is 0 Å². The number of rotatable bonds is 11. The predicted octanol–water partition coefficient (Wildman–Crippen LogP) is 4.56. The van der Waals surface area contributed by atoms with Crippen LogP contribution < -0.4 is 0 Å². The van der Waals surface area contributed by atoms with Gasteiger partial charge < -0.3 is 0 Å². The number of hydrogen-bond donors (Lipinski definition) is 0. The van der Waals surface area contributed by atoms with Crippen LogP contribution in [0.2, 0.25) is 0 Å². The van der Waals surface area contributed by atoms with E-state index in [0.717, 1.165) is 38.5 Å². The molecular formula is C16H30O2. The van der Waals surface area contributed by atoms with Crippen LogP contribution in [0.3, 0.4) is 0 Å². The Hall–Kier alpha value is -0.660. The van der Waals surface area contributed by atoms with Crippen LogP contribution in [0.15, 0.2) is 0 Å². The van der Waals surface area contributed by atoms with Gasteiger partial charge in [-0.2, -0.15) is 0 Å². The molecule has 0 amide bonds. The van der Waals surface area contributed by atoms with Gasteiger partial charge in [-0.1, -0.05) is 53.4 Å². The van der Waals surface area contributed by atoms with E-state index >= 15 is 0 Å². The Balaban J connectivity index is 3.79. The summed E-state index contributed by atoms with van der Waals surface area (Å²) < 4.78 is 0. The third-order valence-corrected chi connectivity index (χ3v) is 3.60. The largest absolute Gasteiger partial charge is 0.291 e. The fraction of sp³-hybridized carbons (Fsp3) is 0.875. The molecule has 0 aliphatic rings. The second-order valence-corrected chi connectivity index (χ2v) is 5.71. The minimum atomic E-state index is -0.151. The Kier molecular flexibility index (Phi) is 9.90. The van der Waals surface area contributed by atoms with Crippen molar-refractivity contribution in [1.82, 2.24) is 0 Å². The van der Waals surface area contributed by atoms with Crippen LogP contribution in [0.25, 0.3) is 0 Å². The Labute approximate surface area is 113 Å². The molecule has 0 spiro atoms. The van der Waals surface area contributed by atoms with E-state index < -0.39 is 0 Å². The maximum atomic E-state index is 11.7. The molecule has 0 aliphatic carbocycles. The van der Waals surface area contributed by atoms with E-state index in [2.05, 4.69) is 27.7 Å². The first-order valence-electron chi connectivity index (χ1n) is 7.57. The summed E-state index contributed by atoms with van der Waals surface area (Å²) in [6.45, 7) is 8.62. The van der Waals surface area contributed by atoms with E-state index in [1.54, 1.807) is 0 Å².